The number of hydrogen-bond donors (Lipinski definition) is 2. The molecule has 3 heterocycles. The minimum absolute atomic E-state index is 0.0108. The first-order chi connectivity index (χ1) is 16.6. The number of hydrogen-bond acceptors (Lipinski definition) is 3. The summed E-state index contributed by atoms with van der Waals surface area (Å²) >= 11 is 5.80. The van der Waals surface area contributed by atoms with E-state index in [0.29, 0.717) is 24.1 Å². The Morgan fingerprint density at radius 1 is 1.12 bits per heavy atom. The van der Waals surface area contributed by atoms with Crippen molar-refractivity contribution in [3.05, 3.63) is 83.9 Å². The number of amides is 1. The fourth-order valence-corrected chi connectivity index (χ4v) is 5.62. The maximum Gasteiger partial charge on any atom is 0.226 e. The number of pyridine rings is 1. The van der Waals surface area contributed by atoms with Crippen LogP contribution in [0.2, 0.25) is 0 Å². The van der Waals surface area contributed by atoms with E-state index in [2.05, 4.69) is 43.4 Å². The van der Waals surface area contributed by atoms with Gasteiger partial charge in [-0.15, -0.1) is 0 Å². The summed E-state index contributed by atoms with van der Waals surface area (Å²) in [6.07, 6.45) is 9.34. The number of rotatable bonds is 7. The lowest BCUT2D eigenvalue weighted by atomic mass is 10.0. The van der Waals surface area contributed by atoms with Crippen LogP contribution in [-0.4, -0.2) is 32.0 Å². The highest BCUT2D eigenvalue weighted by Crippen LogP contribution is 2.41. The molecule has 2 fully saturated rings. The average Bonchev–Trinajstić information content (AvgIpc) is 3.59. The van der Waals surface area contributed by atoms with Crippen LogP contribution >= 0.6 is 12.2 Å². The zero-order valence-electron chi connectivity index (χ0n) is 19.5. The largest absolute Gasteiger partial charge is 0.352 e. The summed E-state index contributed by atoms with van der Waals surface area (Å²) in [4.78, 5) is 19.6. The molecule has 1 aliphatic heterocycles. The van der Waals surface area contributed by atoms with Gasteiger partial charge in [-0.1, -0.05) is 37.1 Å². The Bertz CT molecular complexity index is 1150. The zero-order chi connectivity index (χ0) is 23.5. The van der Waals surface area contributed by atoms with Crippen LogP contribution in [0.4, 0.5) is 5.69 Å². The Morgan fingerprint density at radius 2 is 1.91 bits per heavy atom. The third-order valence-electron chi connectivity index (χ3n) is 7.03. The van der Waals surface area contributed by atoms with Crippen LogP contribution < -0.4 is 10.6 Å². The van der Waals surface area contributed by atoms with Crippen molar-refractivity contribution in [2.75, 3.05) is 11.9 Å². The van der Waals surface area contributed by atoms with Gasteiger partial charge in [0.15, 0.2) is 5.11 Å². The zero-order valence-corrected chi connectivity index (χ0v) is 20.3. The second kappa shape index (κ2) is 9.97. The minimum atomic E-state index is -0.0665. The summed E-state index contributed by atoms with van der Waals surface area (Å²) in [5, 5.41) is 7.23. The predicted octanol–water partition coefficient (Wildman–Crippen LogP) is 5.31. The van der Waals surface area contributed by atoms with E-state index in [4.69, 9.17) is 12.2 Å². The van der Waals surface area contributed by atoms with Gasteiger partial charge in [-0.05, 0) is 67.9 Å². The lowest BCUT2D eigenvalue weighted by Gasteiger charge is -2.30. The number of nitrogens with zero attached hydrogens (tertiary/aromatic N) is 3. The quantitative estimate of drug-likeness (QED) is 0.456. The lowest BCUT2D eigenvalue weighted by molar-refractivity contribution is -0.116. The van der Waals surface area contributed by atoms with Gasteiger partial charge in [0, 0.05) is 42.8 Å². The van der Waals surface area contributed by atoms with Crippen LogP contribution in [0.3, 0.4) is 0 Å². The molecule has 7 heteroatoms. The highest BCUT2D eigenvalue weighted by Gasteiger charge is 2.41. The molecule has 2 aromatic heterocycles. The molecule has 0 radical (unpaired) electrons. The summed E-state index contributed by atoms with van der Waals surface area (Å²) in [5.41, 5.74) is 4.10. The fraction of sp³-hybridized carbons (Fsp3) is 0.370. The topological polar surface area (TPSA) is 62.2 Å². The van der Waals surface area contributed by atoms with Crippen molar-refractivity contribution < 1.29 is 4.79 Å². The van der Waals surface area contributed by atoms with Crippen molar-refractivity contribution in [3.63, 3.8) is 0 Å². The van der Waals surface area contributed by atoms with Crippen molar-refractivity contribution in [2.24, 2.45) is 0 Å². The summed E-state index contributed by atoms with van der Waals surface area (Å²) in [5.74, 6) is -0.0108. The molecule has 0 spiro atoms. The number of anilines is 1. The van der Waals surface area contributed by atoms with E-state index in [0.717, 1.165) is 16.9 Å². The van der Waals surface area contributed by atoms with Crippen LogP contribution in [0.15, 0.2) is 67.0 Å². The lowest BCUT2D eigenvalue weighted by Crippen LogP contribution is -2.33. The van der Waals surface area contributed by atoms with Crippen molar-refractivity contribution in [1.82, 2.24) is 19.8 Å². The first-order valence-electron chi connectivity index (χ1n) is 12.1. The molecule has 0 bridgehead atoms. The van der Waals surface area contributed by atoms with Crippen LogP contribution in [0.1, 0.15) is 67.2 Å². The van der Waals surface area contributed by atoms with Gasteiger partial charge >= 0.3 is 0 Å². The van der Waals surface area contributed by atoms with E-state index in [1.165, 1.54) is 31.4 Å². The molecule has 34 heavy (non-hydrogen) atoms. The van der Waals surface area contributed by atoms with Crippen LogP contribution in [0.25, 0.3) is 0 Å². The SMILES string of the molecule is Cc1ccccc1NC(=O)CCN1C(=S)N[C@@H](c2ccccn2)[C@H]1c1cccn1C1CCCC1. The molecule has 2 aliphatic rings. The Balaban J connectivity index is 1.40. The van der Waals surface area contributed by atoms with E-state index < -0.39 is 0 Å². The van der Waals surface area contributed by atoms with E-state index >= 15 is 0 Å². The fourth-order valence-electron chi connectivity index (χ4n) is 5.29. The standard InChI is InChI=1S/C27H31N5OS/c1-19-9-2-5-12-21(19)29-24(33)15-18-32-26(23-14-8-17-31(23)20-10-3-4-11-20)25(30-27(32)34)22-13-6-7-16-28-22/h2,5-9,12-14,16-17,20,25-26H,3-4,10-11,15,18H2,1H3,(H,29,33)(H,30,34)/t25-,26+/m0/s1. The Hall–Kier alpha value is -3.19. The summed E-state index contributed by atoms with van der Waals surface area (Å²) in [6, 6.07) is 18.6. The Morgan fingerprint density at radius 3 is 2.68 bits per heavy atom. The second-order valence-electron chi connectivity index (χ2n) is 9.21. The van der Waals surface area contributed by atoms with Gasteiger partial charge in [0.2, 0.25) is 5.91 Å². The van der Waals surface area contributed by atoms with Crippen molar-refractivity contribution in [3.8, 4) is 0 Å². The van der Waals surface area contributed by atoms with Crippen molar-refractivity contribution in [1.29, 1.82) is 0 Å². The number of aryl methyl sites for hydroxylation is 1. The Labute approximate surface area is 206 Å². The molecule has 2 N–H and O–H groups in total. The third-order valence-corrected chi connectivity index (χ3v) is 7.38. The molecular formula is C27H31N5OS. The third kappa shape index (κ3) is 4.57. The van der Waals surface area contributed by atoms with Gasteiger partial charge in [-0.2, -0.15) is 0 Å². The molecule has 5 rings (SSSR count). The van der Waals surface area contributed by atoms with Crippen LogP contribution in [0, 0.1) is 6.92 Å². The monoisotopic (exact) mass is 473 g/mol. The summed E-state index contributed by atoms with van der Waals surface area (Å²) in [7, 11) is 0. The highest BCUT2D eigenvalue weighted by atomic mass is 32.1. The van der Waals surface area contributed by atoms with Gasteiger partial charge in [-0.25, -0.2) is 0 Å². The molecular weight excluding hydrogens is 442 g/mol. The molecule has 1 amide bonds. The first-order valence-corrected chi connectivity index (χ1v) is 12.5. The van der Waals surface area contributed by atoms with Crippen molar-refractivity contribution >= 4 is 28.9 Å². The molecule has 1 aliphatic carbocycles. The first kappa shape index (κ1) is 22.6. The van der Waals surface area contributed by atoms with Crippen LogP contribution in [-0.2, 0) is 4.79 Å². The number of carbonyl (C=O) groups excluding carboxylic acids is 1. The highest BCUT2D eigenvalue weighted by molar-refractivity contribution is 7.80. The smallest absolute Gasteiger partial charge is 0.226 e. The van der Waals surface area contributed by atoms with Crippen molar-refractivity contribution in [2.45, 2.75) is 57.2 Å². The van der Waals surface area contributed by atoms with Gasteiger partial charge in [-0.3, -0.25) is 9.78 Å². The molecule has 0 unspecified atom stereocenters. The molecule has 1 saturated heterocycles. The molecule has 1 aromatic carbocycles. The second-order valence-corrected chi connectivity index (χ2v) is 9.60. The number of aromatic nitrogens is 2. The number of carbonyl (C=O) groups is 1. The average molecular weight is 474 g/mol. The van der Waals surface area contributed by atoms with Gasteiger partial charge in [0.25, 0.3) is 0 Å². The van der Waals surface area contributed by atoms with E-state index in [9.17, 15) is 4.79 Å². The van der Waals surface area contributed by atoms with Crippen LogP contribution in [0.5, 0.6) is 0 Å². The molecule has 1 saturated carbocycles. The van der Waals surface area contributed by atoms with E-state index in [-0.39, 0.29) is 18.0 Å². The van der Waals surface area contributed by atoms with Gasteiger partial charge in [0.05, 0.1) is 17.8 Å². The molecule has 2 atom stereocenters. The van der Waals surface area contributed by atoms with Gasteiger partial charge < -0.3 is 20.1 Å². The molecule has 6 nitrogen and oxygen atoms in total. The van der Waals surface area contributed by atoms with Gasteiger partial charge in [0.1, 0.15) is 0 Å². The van der Waals surface area contributed by atoms with E-state index in [1.54, 1.807) is 0 Å². The van der Waals surface area contributed by atoms with E-state index in [1.807, 2.05) is 55.6 Å². The minimum Gasteiger partial charge on any atom is -0.352 e. The number of thiocarbonyl (C=S) groups is 1. The maximum absolute atomic E-state index is 12.8. The molecule has 176 valence electrons. The normalized spacial score (nSPS) is 20.5. The molecule has 3 aromatic rings. The summed E-state index contributed by atoms with van der Waals surface area (Å²) in [6.45, 7) is 2.53. The predicted molar refractivity (Wildman–Crippen MR) is 139 cm³/mol. The summed E-state index contributed by atoms with van der Waals surface area (Å²) < 4.78 is 2.43. The Kier molecular flexibility index (Phi) is 6.63. The maximum atomic E-state index is 12.8. The number of para-hydroxylation sites is 1. The number of benzene rings is 1. The number of nitrogens with one attached hydrogen (secondary N) is 2.